The zero-order valence-electron chi connectivity index (χ0n) is 31.9. The zero-order valence-corrected chi connectivity index (χ0v) is 31.9. The van der Waals surface area contributed by atoms with Crippen LogP contribution in [0, 0.1) is 22.7 Å². The first-order chi connectivity index (χ1) is 24.5. The van der Waals surface area contributed by atoms with Crippen molar-refractivity contribution in [1.82, 2.24) is 29.9 Å². The average molecular weight is 703 g/mol. The Labute approximate surface area is 305 Å². The van der Waals surface area contributed by atoms with Crippen LogP contribution in [0.4, 0.5) is 0 Å². The van der Waals surface area contributed by atoms with Gasteiger partial charge in [-0.05, 0) is 36.1 Å². The molecule has 2 N–H and O–H groups in total. The number of nitrogens with zero attached hydrogens (tertiary/aromatic N) is 4. The molecule has 0 radical (unpaired) electrons. The molecule has 6 aromatic rings. The lowest BCUT2D eigenvalue weighted by Gasteiger charge is -2.15. The zero-order chi connectivity index (χ0) is 37.8. The summed E-state index contributed by atoms with van der Waals surface area (Å²) in [5.41, 5.74) is 5.92. The molecule has 272 valence electrons. The lowest BCUT2D eigenvalue weighted by molar-refractivity contribution is 0.0854. The number of Topliss-reactive ketones (excluding diaryl/α,β-unsaturated/α-hetero) is 2. The molecule has 4 heterocycles. The number of fused-ring (bicyclic) bond motifs is 2. The van der Waals surface area contributed by atoms with E-state index in [2.05, 4.69) is 47.6 Å². The maximum atomic E-state index is 12.7. The van der Waals surface area contributed by atoms with Crippen LogP contribution in [-0.2, 0) is 0 Å². The van der Waals surface area contributed by atoms with E-state index in [-0.39, 0.29) is 11.6 Å². The minimum Gasteiger partial charge on any atom is -0.493 e. The highest BCUT2D eigenvalue weighted by Crippen LogP contribution is 2.30. The number of hydrogen-bond donors (Lipinski definition) is 2. The molecule has 0 atom stereocenters. The molecule has 0 amide bonds. The van der Waals surface area contributed by atoms with Crippen molar-refractivity contribution in [3.8, 4) is 34.0 Å². The highest BCUT2D eigenvalue weighted by atomic mass is 16.5. The molecular weight excluding hydrogens is 652 g/mol. The van der Waals surface area contributed by atoms with Gasteiger partial charge in [0.25, 0.3) is 0 Å². The Morgan fingerprint density at radius 1 is 0.635 bits per heavy atom. The summed E-state index contributed by atoms with van der Waals surface area (Å²) in [6.07, 6.45) is 6.83. The molecule has 2 aromatic carbocycles. The number of ether oxygens (including phenoxy) is 2. The van der Waals surface area contributed by atoms with Crippen LogP contribution in [0.3, 0.4) is 0 Å². The molecule has 0 bridgehead atoms. The Morgan fingerprint density at radius 3 is 1.37 bits per heavy atom. The number of carbonyl (C=O) groups is 2. The fourth-order valence-corrected chi connectivity index (χ4v) is 5.23. The molecule has 0 aliphatic carbocycles. The molecule has 0 unspecified atom stereocenters. The van der Waals surface area contributed by atoms with E-state index >= 15 is 0 Å². The van der Waals surface area contributed by atoms with Crippen LogP contribution >= 0.6 is 0 Å². The lowest BCUT2D eigenvalue weighted by Crippen LogP contribution is -2.20. The highest BCUT2D eigenvalue weighted by molar-refractivity contribution is 6.09. The third-order valence-corrected chi connectivity index (χ3v) is 8.04. The molecule has 0 aliphatic rings. The van der Waals surface area contributed by atoms with Crippen molar-refractivity contribution < 1.29 is 19.1 Å². The molecule has 0 saturated heterocycles. The molecule has 0 saturated carbocycles. The minimum absolute atomic E-state index is 0.0456. The standard InChI is InChI=1S/2C21H25N3O2/c2*1-13(2)12-26-15-8-6-7-14(9-15)17-11-23-20-18(24-17)16(10-22-20)19(25)21(3,4)5/h2*6-11,13H,12H2,1-5H3,(H,22,23). The second kappa shape index (κ2) is 15.5. The Morgan fingerprint density at radius 2 is 1.02 bits per heavy atom. The third kappa shape index (κ3) is 9.09. The van der Waals surface area contributed by atoms with Crippen molar-refractivity contribution in [2.45, 2.75) is 69.2 Å². The van der Waals surface area contributed by atoms with E-state index in [0.29, 0.717) is 58.5 Å². The van der Waals surface area contributed by atoms with Gasteiger partial charge in [0.05, 0.1) is 48.1 Å². The average Bonchev–Trinajstić information content (AvgIpc) is 3.72. The van der Waals surface area contributed by atoms with E-state index in [1.165, 1.54) is 0 Å². The van der Waals surface area contributed by atoms with E-state index < -0.39 is 10.8 Å². The van der Waals surface area contributed by atoms with Crippen LogP contribution in [-0.4, -0.2) is 54.7 Å². The predicted molar refractivity (Wildman–Crippen MR) is 207 cm³/mol. The molecule has 52 heavy (non-hydrogen) atoms. The van der Waals surface area contributed by atoms with Gasteiger partial charge < -0.3 is 19.4 Å². The highest BCUT2D eigenvalue weighted by Gasteiger charge is 2.27. The SMILES string of the molecule is CC(C)COc1cccc(-c2cnc3[nH]cc(C(=O)C(C)(C)C)c3n2)c1.CC(C)COc1cccc(-c2cnc3[nH]cc(C(=O)C(C)(C)C)c3n2)c1. The van der Waals surface area contributed by atoms with E-state index in [9.17, 15) is 9.59 Å². The lowest BCUT2D eigenvalue weighted by atomic mass is 9.87. The van der Waals surface area contributed by atoms with E-state index in [0.717, 1.165) is 34.0 Å². The fourth-order valence-electron chi connectivity index (χ4n) is 5.23. The normalized spacial score (nSPS) is 11.9. The van der Waals surface area contributed by atoms with Crippen LogP contribution < -0.4 is 9.47 Å². The number of ketones is 2. The summed E-state index contributed by atoms with van der Waals surface area (Å²) in [4.78, 5) is 49.7. The van der Waals surface area contributed by atoms with Gasteiger partial charge in [-0.3, -0.25) is 9.59 Å². The molecule has 0 spiro atoms. The Hall–Kier alpha value is -5.38. The predicted octanol–water partition coefficient (Wildman–Crippen LogP) is 9.78. The van der Waals surface area contributed by atoms with Gasteiger partial charge in [-0.15, -0.1) is 0 Å². The van der Waals surface area contributed by atoms with Crippen molar-refractivity contribution in [3.05, 3.63) is 84.4 Å². The number of nitrogens with one attached hydrogen (secondary N) is 2. The number of benzene rings is 2. The van der Waals surface area contributed by atoms with Crippen molar-refractivity contribution in [3.63, 3.8) is 0 Å². The second-order valence-electron chi connectivity index (χ2n) is 15.9. The van der Waals surface area contributed by atoms with Crippen molar-refractivity contribution in [2.75, 3.05) is 13.2 Å². The van der Waals surface area contributed by atoms with Crippen molar-refractivity contribution >= 4 is 33.9 Å². The van der Waals surface area contributed by atoms with Crippen molar-refractivity contribution in [1.29, 1.82) is 0 Å². The Balaban J connectivity index is 0.000000201. The number of aromatic nitrogens is 6. The fraction of sp³-hybridized carbons (Fsp3) is 0.381. The van der Waals surface area contributed by atoms with Crippen LogP contribution in [0.25, 0.3) is 44.8 Å². The number of H-pyrrole nitrogens is 2. The number of carbonyl (C=O) groups excluding carboxylic acids is 2. The molecule has 10 nitrogen and oxygen atoms in total. The van der Waals surface area contributed by atoms with Gasteiger partial charge in [-0.1, -0.05) is 93.5 Å². The number of aromatic amines is 2. The summed E-state index contributed by atoms with van der Waals surface area (Å²) in [5.74, 6) is 2.62. The third-order valence-electron chi connectivity index (χ3n) is 8.04. The van der Waals surface area contributed by atoms with Crippen LogP contribution in [0.15, 0.2) is 73.3 Å². The number of hydrogen-bond acceptors (Lipinski definition) is 8. The monoisotopic (exact) mass is 702 g/mol. The smallest absolute Gasteiger partial charge is 0.171 e. The first kappa shape index (κ1) is 37.9. The topological polar surface area (TPSA) is 136 Å². The van der Waals surface area contributed by atoms with Crippen LogP contribution in [0.1, 0.15) is 90.0 Å². The van der Waals surface area contributed by atoms with Gasteiger partial charge in [0.15, 0.2) is 22.9 Å². The van der Waals surface area contributed by atoms with Crippen LogP contribution in [0.2, 0.25) is 0 Å². The summed E-state index contributed by atoms with van der Waals surface area (Å²) in [6, 6.07) is 15.6. The van der Waals surface area contributed by atoms with Gasteiger partial charge in [0.2, 0.25) is 0 Å². The van der Waals surface area contributed by atoms with E-state index in [1.54, 1.807) is 24.8 Å². The Kier molecular flexibility index (Phi) is 11.3. The minimum atomic E-state index is -0.475. The largest absolute Gasteiger partial charge is 0.493 e. The summed E-state index contributed by atoms with van der Waals surface area (Å²) in [5, 5.41) is 0. The molecule has 0 aliphatic heterocycles. The molecule has 6 rings (SSSR count). The maximum absolute atomic E-state index is 12.7. The first-order valence-electron chi connectivity index (χ1n) is 17.8. The summed E-state index contributed by atoms with van der Waals surface area (Å²) < 4.78 is 11.6. The molecule has 10 heteroatoms. The number of rotatable bonds is 10. The van der Waals surface area contributed by atoms with Gasteiger partial charge in [-0.25, -0.2) is 19.9 Å². The second-order valence-corrected chi connectivity index (χ2v) is 15.9. The van der Waals surface area contributed by atoms with Crippen LogP contribution in [0.5, 0.6) is 11.5 Å². The molecule has 0 fully saturated rings. The Bertz CT molecular complexity index is 2030. The summed E-state index contributed by atoms with van der Waals surface area (Å²) in [6.45, 7) is 21.2. The summed E-state index contributed by atoms with van der Waals surface area (Å²) in [7, 11) is 0. The van der Waals surface area contributed by atoms with E-state index in [1.807, 2.05) is 90.1 Å². The van der Waals surface area contributed by atoms with Gasteiger partial charge in [-0.2, -0.15) is 0 Å². The quantitative estimate of drug-likeness (QED) is 0.135. The van der Waals surface area contributed by atoms with Gasteiger partial charge in [0, 0.05) is 34.4 Å². The summed E-state index contributed by atoms with van der Waals surface area (Å²) >= 11 is 0. The maximum Gasteiger partial charge on any atom is 0.171 e. The van der Waals surface area contributed by atoms with Gasteiger partial charge in [0.1, 0.15) is 22.5 Å². The first-order valence-corrected chi connectivity index (χ1v) is 17.8. The van der Waals surface area contributed by atoms with Crippen molar-refractivity contribution in [2.24, 2.45) is 22.7 Å². The molecule has 4 aromatic heterocycles. The van der Waals surface area contributed by atoms with E-state index in [4.69, 9.17) is 19.4 Å². The van der Waals surface area contributed by atoms with Gasteiger partial charge >= 0.3 is 0 Å². The molecular formula is C42H50N6O4.